The second-order valence-electron chi connectivity index (χ2n) is 6.49. The fourth-order valence-corrected chi connectivity index (χ4v) is 2.83. The van der Waals surface area contributed by atoms with Gasteiger partial charge in [-0.25, -0.2) is 0 Å². The van der Waals surface area contributed by atoms with E-state index in [0.717, 1.165) is 12.3 Å². The van der Waals surface area contributed by atoms with Crippen LogP contribution in [0, 0.1) is 0 Å². The minimum Gasteiger partial charge on any atom is -0.325 e. The standard InChI is InChI=1S/C16H26N2/c1-16(2,17)12-13-5-4-6-15(11-13)14-7-9-18(3)10-8-14/h4-6,11,14H,7-10,12,17H2,1-3H3. The third-order valence-corrected chi connectivity index (χ3v) is 3.80. The van der Waals surface area contributed by atoms with E-state index in [0.29, 0.717) is 0 Å². The fraction of sp³-hybridized carbons (Fsp3) is 0.625. The Labute approximate surface area is 111 Å². The fourth-order valence-electron chi connectivity index (χ4n) is 2.83. The average Bonchev–Trinajstić information content (AvgIpc) is 2.28. The molecule has 2 N–H and O–H groups in total. The summed E-state index contributed by atoms with van der Waals surface area (Å²) in [5.74, 6) is 0.738. The normalized spacial score (nSPS) is 19.1. The molecule has 1 saturated heterocycles. The molecule has 2 rings (SSSR count). The number of rotatable bonds is 3. The maximum atomic E-state index is 6.11. The summed E-state index contributed by atoms with van der Waals surface area (Å²) in [6.07, 6.45) is 3.52. The van der Waals surface area contributed by atoms with Crippen LogP contribution in [0.1, 0.15) is 43.7 Å². The molecule has 0 atom stereocenters. The Morgan fingerprint density at radius 3 is 2.56 bits per heavy atom. The molecule has 0 saturated carbocycles. The van der Waals surface area contributed by atoms with Crippen molar-refractivity contribution in [2.45, 2.75) is 44.6 Å². The first-order chi connectivity index (χ1) is 8.44. The minimum atomic E-state index is -0.120. The Bertz CT molecular complexity index is 384. The van der Waals surface area contributed by atoms with Crippen LogP contribution in [0.4, 0.5) is 0 Å². The summed E-state index contributed by atoms with van der Waals surface area (Å²) in [7, 11) is 2.21. The quantitative estimate of drug-likeness (QED) is 0.888. The van der Waals surface area contributed by atoms with Crippen molar-refractivity contribution in [1.82, 2.24) is 4.90 Å². The molecule has 2 heteroatoms. The molecule has 1 aliphatic rings. The number of likely N-dealkylation sites (tertiary alicyclic amines) is 1. The lowest BCUT2D eigenvalue weighted by atomic mass is 9.87. The van der Waals surface area contributed by atoms with Crippen molar-refractivity contribution in [3.8, 4) is 0 Å². The summed E-state index contributed by atoms with van der Waals surface area (Å²) < 4.78 is 0. The van der Waals surface area contributed by atoms with Gasteiger partial charge in [0.2, 0.25) is 0 Å². The van der Waals surface area contributed by atoms with Crippen LogP contribution in [0.15, 0.2) is 24.3 Å². The zero-order valence-corrected chi connectivity index (χ0v) is 11.9. The Kier molecular flexibility index (Phi) is 4.08. The van der Waals surface area contributed by atoms with E-state index in [1.54, 1.807) is 0 Å². The molecule has 100 valence electrons. The molecular weight excluding hydrogens is 220 g/mol. The van der Waals surface area contributed by atoms with Crippen LogP contribution in [-0.4, -0.2) is 30.6 Å². The first-order valence-electron chi connectivity index (χ1n) is 7.00. The smallest absolute Gasteiger partial charge is 0.0138 e. The Morgan fingerprint density at radius 1 is 1.28 bits per heavy atom. The second-order valence-corrected chi connectivity index (χ2v) is 6.49. The number of piperidine rings is 1. The van der Waals surface area contributed by atoms with Gasteiger partial charge in [0, 0.05) is 5.54 Å². The zero-order chi connectivity index (χ0) is 13.2. The van der Waals surface area contributed by atoms with E-state index >= 15 is 0 Å². The van der Waals surface area contributed by atoms with Gasteiger partial charge in [-0.1, -0.05) is 24.3 Å². The monoisotopic (exact) mass is 246 g/mol. The van der Waals surface area contributed by atoms with Crippen LogP contribution in [0.3, 0.4) is 0 Å². The maximum Gasteiger partial charge on any atom is 0.0138 e. The van der Waals surface area contributed by atoms with Crippen molar-refractivity contribution in [1.29, 1.82) is 0 Å². The van der Waals surface area contributed by atoms with E-state index in [4.69, 9.17) is 5.73 Å². The molecular formula is C16H26N2. The molecule has 0 bridgehead atoms. The average molecular weight is 246 g/mol. The molecule has 0 aromatic heterocycles. The van der Waals surface area contributed by atoms with Crippen LogP contribution in [0.25, 0.3) is 0 Å². The molecule has 1 aromatic carbocycles. The molecule has 0 spiro atoms. The summed E-state index contributed by atoms with van der Waals surface area (Å²) in [4.78, 5) is 2.42. The summed E-state index contributed by atoms with van der Waals surface area (Å²) in [6.45, 7) is 6.62. The van der Waals surface area contributed by atoms with Gasteiger partial charge in [-0.3, -0.25) is 0 Å². The van der Waals surface area contributed by atoms with Crippen molar-refractivity contribution in [2.24, 2.45) is 5.73 Å². The third-order valence-electron chi connectivity index (χ3n) is 3.80. The van der Waals surface area contributed by atoms with Gasteiger partial charge in [0.1, 0.15) is 0 Å². The van der Waals surface area contributed by atoms with Crippen LogP contribution in [-0.2, 0) is 6.42 Å². The number of hydrogen-bond donors (Lipinski definition) is 1. The summed E-state index contributed by atoms with van der Waals surface area (Å²) >= 11 is 0. The van der Waals surface area contributed by atoms with Crippen LogP contribution in [0.2, 0.25) is 0 Å². The van der Waals surface area contributed by atoms with Crippen molar-refractivity contribution in [2.75, 3.05) is 20.1 Å². The van der Waals surface area contributed by atoms with Crippen LogP contribution in [0.5, 0.6) is 0 Å². The molecule has 1 aromatic rings. The molecule has 1 heterocycles. The largest absolute Gasteiger partial charge is 0.325 e. The molecule has 1 aliphatic heterocycles. The van der Waals surface area contributed by atoms with Gasteiger partial charge in [-0.2, -0.15) is 0 Å². The van der Waals surface area contributed by atoms with Gasteiger partial charge in [-0.15, -0.1) is 0 Å². The van der Waals surface area contributed by atoms with Crippen molar-refractivity contribution < 1.29 is 0 Å². The highest BCUT2D eigenvalue weighted by Crippen LogP contribution is 2.28. The van der Waals surface area contributed by atoms with E-state index in [1.807, 2.05) is 0 Å². The Balaban J connectivity index is 2.07. The maximum absolute atomic E-state index is 6.11. The third kappa shape index (κ3) is 3.82. The lowest BCUT2D eigenvalue weighted by Crippen LogP contribution is -2.34. The van der Waals surface area contributed by atoms with E-state index in [9.17, 15) is 0 Å². The molecule has 1 fully saturated rings. The highest BCUT2D eigenvalue weighted by molar-refractivity contribution is 5.28. The second kappa shape index (κ2) is 5.41. The summed E-state index contributed by atoms with van der Waals surface area (Å²) in [5, 5.41) is 0. The Morgan fingerprint density at radius 2 is 1.94 bits per heavy atom. The van der Waals surface area contributed by atoms with Gasteiger partial charge < -0.3 is 10.6 Å². The predicted molar refractivity (Wildman–Crippen MR) is 77.9 cm³/mol. The molecule has 18 heavy (non-hydrogen) atoms. The minimum absolute atomic E-state index is 0.120. The van der Waals surface area contributed by atoms with E-state index in [1.165, 1.54) is 37.1 Å². The molecule has 0 aliphatic carbocycles. The number of benzene rings is 1. The van der Waals surface area contributed by atoms with Crippen molar-refractivity contribution in [3.05, 3.63) is 35.4 Å². The lowest BCUT2D eigenvalue weighted by Gasteiger charge is -2.29. The zero-order valence-electron chi connectivity index (χ0n) is 11.9. The van der Waals surface area contributed by atoms with E-state index in [2.05, 4.69) is 50.1 Å². The molecule has 0 radical (unpaired) electrons. The first-order valence-corrected chi connectivity index (χ1v) is 7.00. The highest BCUT2D eigenvalue weighted by Gasteiger charge is 2.19. The van der Waals surface area contributed by atoms with E-state index in [-0.39, 0.29) is 5.54 Å². The van der Waals surface area contributed by atoms with Gasteiger partial charge in [0.05, 0.1) is 0 Å². The van der Waals surface area contributed by atoms with Crippen LogP contribution >= 0.6 is 0 Å². The van der Waals surface area contributed by atoms with Gasteiger partial charge in [0.25, 0.3) is 0 Å². The lowest BCUT2D eigenvalue weighted by molar-refractivity contribution is 0.255. The topological polar surface area (TPSA) is 29.3 Å². The molecule has 0 amide bonds. The van der Waals surface area contributed by atoms with Gasteiger partial charge >= 0.3 is 0 Å². The highest BCUT2D eigenvalue weighted by atomic mass is 15.1. The predicted octanol–water partition coefficient (Wildman–Crippen LogP) is 2.78. The number of nitrogens with two attached hydrogens (primary N) is 1. The Hall–Kier alpha value is -0.860. The summed E-state index contributed by atoms with van der Waals surface area (Å²) in [6, 6.07) is 9.04. The van der Waals surface area contributed by atoms with Gasteiger partial charge in [0.15, 0.2) is 0 Å². The molecule has 2 nitrogen and oxygen atoms in total. The first kappa shape index (κ1) is 13.6. The number of nitrogens with zero attached hydrogens (tertiary/aromatic N) is 1. The van der Waals surface area contributed by atoms with Crippen molar-refractivity contribution >= 4 is 0 Å². The number of hydrogen-bond acceptors (Lipinski definition) is 2. The van der Waals surface area contributed by atoms with E-state index < -0.39 is 0 Å². The van der Waals surface area contributed by atoms with Crippen molar-refractivity contribution in [3.63, 3.8) is 0 Å². The SMILES string of the molecule is CN1CCC(c2cccc(CC(C)(C)N)c2)CC1. The molecule has 0 unspecified atom stereocenters. The van der Waals surface area contributed by atoms with Gasteiger partial charge in [-0.05, 0) is 70.3 Å². The summed E-state index contributed by atoms with van der Waals surface area (Å²) in [5.41, 5.74) is 8.87. The van der Waals surface area contributed by atoms with Crippen LogP contribution < -0.4 is 5.73 Å².